The molecule has 0 aromatic carbocycles. The number of carboxylic acids is 1. The average Bonchev–Trinajstić information content (AvgIpc) is 2.34. The first-order valence-corrected chi connectivity index (χ1v) is 5.36. The summed E-state index contributed by atoms with van der Waals surface area (Å²) in [5.41, 5.74) is 0. The van der Waals surface area contributed by atoms with Gasteiger partial charge in [-0.2, -0.15) is 0 Å². The molecule has 0 amide bonds. The molecule has 2 N–H and O–H groups in total. The van der Waals surface area contributed by atoms with Crippen LogP contribution in [-0.4, -0.2) is 40.2 Å². The van der Waals surface area contributed by atoms with Crippen LogP contribution in [0, 0.1) is 5.92 Å². The predicted molar refractivity (Wildman–Crippen MR) is 63.3 cm³/mol. The van der Waals surface area contributed by atoms with E-state index >= 15 is 0 Å². The third-order valence-electron chi connectivity index (χ3n) is 2.26. The van der Waals surface area contributed by atoms with Gasteiger partial charge in [0.2, 0.25) is 5.82 Å². The van der Waals surface area contributed by atoms with Crippen LogP contribution in [0.25, 0.3) is 0 Å². The van der Waals surface area contributed by atoms with Gasteiger partial charge in [-0.15, -0.1) is 0 Å². The summed E-state index contributed by atoms with van der Waals surface area (Å²) in [6.45, 7) is 3.54. The summed E-state index contributed by atoms with van der Waals surface area (Å²) in [7, 11) is 1.22. The first kappa shape index (κ1) is 13.9. The molecule has 0 aliphatic carbocycles. The lowest BCUT2D eigenvalue weighted by Crippen LogP contribution is -2.34. The van der Waals surface area contributed by atoms with Crippen molar-refractivity contribution in [3.05, 3.63) is 18.1 Å². The number of carboxylic acid groups (broad SMARTS) is 1. The molecule has 0 saturated carbocycles. The molecule has 1 atom stereocenters. The Bertz CT molecular complexity index is 448. The molecule has 0 saturated heterocycles. The Hall–Kier alpha value is -2.18. The van der Waals surface area contributed by atoms with Gasteiger partial charge < -0.3 is 15.2 Å². The lowest BCUT2D eigenvalue weighted by molar-refractivity contribution is -0.138. The predicted octanol–water partition coefficient (Wildman–Crippen LogP) is 0.784. The number of hydrogen-bond acceptors (Lipinski definition) is 6. The smallest absolute Gasteiger partial charge is 0.376 e. The summed E-state index contributed by atoms with van der Waals surface area (Å²) in [6, 6.07) is 0.704. The second-order valence-corrected chi connectivity index (χ2v) is 3.96. The first-order valence-electron chi connectivity index (χ1n) is 5.36. The van der Waals surface area contributed by atoms with Crippen LogP contribution in [0.2, 0.25) is 0 Å². The van der Waals surface area contributed by atoms with Crippen LogP contribution in [0.5, 0.6) is 0 Å². The number of esters is 1. The highest BCUT2D eigenvalue weighted by atomic mass is 16.5. The van der Waals surface area contributed by atoms with Crippen LogP contribution in [-0.2, 0) is 9.53 Å². The number of hydrogen-bond donors (Lipinski definition) is 2. The Morgan fingerprint density at radius 3 is 2.61 bits per heavy atom. The second kappa shape index (κ2) is 5.95. The quantitative estimate of drug-likeness (QED) is 0.748. The van der Waals surface area contributed by atoms with Crippen LogP contribution >= 0.6 is 0 Å². The van der Waals surface area contributed by atoms with Crippen molar-refractivity contribution in [2.45, 2.75) is 19.9 Å². The van der Waals surface area contributed by atoms with Crippen LogP contribution in [0.4, 0.5) is 5.82 Å². The Balaban J connectivity index is 2.90. The molecule has 1 unspecified atom stereocenters. The summed E-state index contributed by atoms with van der Waals surface area (Å²) in [5.74, 6) is -1.63. The third kappa shape index (κ3) is 3.41. The third-order valence-corrected chi connectivity index (χ3v) is 2.26. The van der Waals surface area contributed by atoms with Gasteiger partial charge >= 0.3 is 11.9 Å². The number of anilines is 1. The van der Waals surface area contributed by atoms with Crippen LogP contribution in [0.3, 0.4) is 0 Å². The number of ether oxygens (including phenoxy) is 1. The molecule has 0 spiro atoms. The summed E-state index contributed by atoms with van der Waals surface area (Å²) >= 11 is 0. The topological polar surface area (TPSA) is 101 Å². The van der Waals surface area contributed by atoms with Crippen molar-refractivity contribution in [2.75, 3.05) is 12.4 Å². The minimum atomic E-state index is -0.983. The molecule has 1 aromatic heterocycles. The van der Waals surface area contributed by atoms with E-state index in [4.69, 9.17) is 5.11 Å². The van der Waals surface area contributed by atoms with E-state index < -0.39 is 18.0 Å². The molecule has 0 radical (unpaired) electrons. The molecular weight excluding hydrogens is 238 g/mol. The van der Waals surface area contributed by atoms with Crippen molar-refractivity contribution in [2.24, 2.45) is 5.92 Å². The molecule has 1 aromatic rings. The molecule has 0 aliphatic heterocycles. The van der Waals surface area contributed by atoms with Crippen molar-refractivity contribution in [3.8, 4) is 0 Å². The molecule has 0 bridgehead atoms. The molecule has 7 nitrogen and oxygen atoms in total. The van der Waals surface area contributed by atoms with E-state index in [2.05, 4.69) is 20.0 Å². The minimum absolute atomic E-state index is 0.115. The van der Waals surface area contributed by atoms with Gasteiger partial charge in [0.05, 0.1) is 7.11 Å². The Morgan fingerprint density at radius 2 is 2.11 bits per heavy atom. The van der Waals surface area contributed by atoms with Gasteiger partial charge in [-0.25, -0.2) is 19.6 Å². The summed E-state index contributed by atoms with van der Waals surface area (Å²) in [4.78, 5) is 29.9. The number of rotatable bonds is 5. The molecule has 98 valence electrons. The molecule has 0 fully saturated rings. The first-order chi connectivity index (χ1) is 8.45. The fourth-order valence-electron chi connectivity index (χ4n) is 1.30. The highest BCUT2D eigenvalue weighted by Crippen LogP contribution is 2.10. The van der Waals surface area contributed by atoms with Crippen molar-refractivity contribution in [1.29, 1.82) is 0 Å². The van der Waals surface area contributed by atoms with Crippen LogP contribution < -0.4 is 5.32 Å². The summed E-state index contributed by atoms with van der Waals surface area (Å²) in [6.07, 6.45) is 1.36. The Labute approximate surface area is 104 Å². The van der Waals surface area contributed by atoms with E-state index in [-0.39, 0.29) is 17.6 Å². The maximum atomic E-state index is 11.2. The Morgan fingerprint density at radius 1 is 1.44 bits per heavy atom. The maximum Gasteiger partial charge on any atom is 0.376 e. The van der Waals surface area contributed by atoms with Crippen molar-refractivity contribution in [1.82, 2.24) is 9.97 Å². The van der Waals surface area contributed by atoms with E-state index in [1.807, 2.05) is 0 Å². The van der Waals surface area contributed by atoms with Crippen LogP contribution in [0.15, 0.2) is 12.3 Å². The van der Waals surface area contributed by atoms with Crippen molar-refractivity contribution in [3.63, 3.8) is 0 Å². The largest absolute Gasteiger partial charge is 0.480 e. The van der Waals surface area contributed by atoms with Gasteiger partial charge in [0.15, 0.2) is 0 Å². The van der Waals surface area contributed by atoms with E-state index in [0.29, 0.717) is 0 Å². The van der Waals surface area contributed by atoms with Gasteiger partial charge in [-0.1, -0.05) is 13.8 Å². The molecular formula is C11H15N3O4. The highest BCUT2D eigenvalue weighted by Gasteiger charge is 2.22. The zero-order valence-electron chi connectivity index (χ0n) is 10.4. The lowest BCUT2D eigenvalue weighted by Gasteiger charge is -2.18. The number of aromatic nitrogens is 2. The fourth-order valence-corrected chi connectivity index (χ4v) is 1.30. The highest BCUT2D eigenvalue weighted by molar-refractivity contribution is 5.85. The fraction of sp³-hybridized carbons (Fsp3) is 0.455. The molecule has 0 aliphatic rings. The van der Waals surface area contributed by atoms with Gasteiger partial charge in [0.1, 0.15) is 11.9 Å². The standard InChI is InChI=1S/C11H15N3O4/c1-6(2)8(10(15)16)13-7-4-5-12-9(14-7)11(17)18-3/h4-6,8H,1-3H3,(H,15,16)(H,12,13,14). The number of carbonyl (C=O) groups excluding carboxylic acids is 1. The van der Waals surface area contributed by atoms with E-state index in [0.717, 1.165) is 0 Å². The van der Waals surface area contributed by atoms with Crippen LogP contribution in [0.1, 0.15) is 24.5 Å². The number of carbonyl (C=O) groups is 2. The average molecular weight is 253 g/mol. The van der Waals surface area contributed by atoms with E-state index in [1.54, 1.807) is 13.8 Å². The monoisotopic (exact) mass is 253 g/mol. The van der Waals surface area contributed by atoms with Crippen molar-refractivity contribution >= 4 is 17.8 Å². The van der Waals surface area contributed by atoms with Crippen molar-refractivity contribution < 1.29 is 19.4 Å². The maximum absolute atomic E-state index is 11.2. The Kier molecular flexibility index (Phi) is 4.59. The molecule has 7 heteroatoms. The van der Waals surface area contributed by atoms with Gasteiger partial charge in [-0.05, 0) is 12.0 Å². The zero-order chi connectivity index (χ0) is 13.7. The number of aliphatic carboxylic acids is 1. The minimum Gasteiger partial charge on any atom is -0.480 e. The molecule has 1 rings (SSSR count). The van der Waals surface area contributed by atoms with E-state index in [1.165, 1.54) is 19.4 Å². The zero-order valence-corrected chi connectivity index (χ0v) is 10.4. The second-order valence-electron chi connectivity index (χ2n) is 3.96. The summed E-state index contributed by atoms with van der Waals surface area (Å²) < 4.78 is 4.48. The molecule has 18 heavy (non-hydrogen) atoms. The van der Waals surface area contributed by atoms with Gasteiger partial charge in [0, 0.05) is 6.20 Å². The SMILES string of the molecule is COC(=O)c1nccc(NC(C(=O)O)C(C)C)n1. The summed E-state index contributed by atoms with van der Waals surface area (Å²) in [5, 5.41) is 11.8. The van der Waals surface area contributed by atoms with Gasteiger partial charge in [-0.3, -0.25) is 0 Å². The number of nitrogens with one attached hydrogen (secondary N) is 1. The number of nitrogens with zero attached hydrogens (tertiary/aromatic N) is 2. The number of methoxy groups -OCH3 is 1. The lowest BCUT2D eigenvalue weighted by atomic mass is 10.1. The van der Waals surface area contributed by atoms with E-state index in [9.17, 15) is 9.59 Å². The normalized spacial score (nSPS) is 12.0. The molecule has 1 heterocycles. The van der Waals surface area contributed by atoms with Gasteiger partial charge in [0.25, 0.3) is 0 Å².